The number of carbonyl (C=O) groups excluding carboxylic acids is 1. The second-order valence-electron chi connectivity index (χ2n) is 8.32. The number of hydrogen-bond acceptors (Lipinski definition) is 4. The third-order valence-corrected chi connectivity index (χ3v) is 6.10. The van der Waals surface area contributed by atoms with Crippen molar-refractivity contribution in [1.82, 2.24) is 5.32 Å². The number of fused-ring (bicyclic) bond motifs is 4. The highest BCUT2D eigenvalue weighted by Crippen LogP contribution is 2.57. The molecular formula is C20H20FN3O. The van der Waals surface area contributed by atoms with Gasteiger partial charge >= 0.3 is 0 Å². The molecule has 0 fully saturated rings. The van der Waals surface area contributed by atoms with Crippen LogP contribution in [0.3, 0.4) is 0 Å². The molecule has 4 aliphatic rings. The zero-order valence-corrected chi connectivity index (χ0v) is 14.4. The predicted molar refractivity (Wildman–Crippen MR) is 91.3 cm³/mol. The molecule has 4 nitrogen and oxygen atoms in total. The summed E-state index contributed by atoms with van der Waals surface area (Å²) in [5.41, 5.74) is 3.87. The van der Waals surface area contributed by atoms with Crippen molar-refractivity contribution in [3.63, 3.8) is 0 Å². The highest BCUT2D eigenvalue weighted by Gasteiger charge is 2.55. The quantitative estimate of drug-likeness (QED) is 0.780. The molecule has 0 bridgehead atoms. The van der Waals surface area contributed by atoms with Gasteiger partial charge in [-0.1, -0.05) is 26.0 Å². The highest BCUT2D eigenvalue weighted by atomic mass is 19.1. The van der Waals surface area contributed by atoms with E-state index >= 15 is 0 Å². The van der Waals surface area contributed by atoms with Gasteiger partial charge in [0.1, 0.15) is 5.82 Å². The summed E-state index contributed by atoms with van der Waals surface area (Å²) in [6, 6.07) is 5.25. The lowest BCUT2D eigenvalue weighted by Gasteiger charge is -2.44. The maximum Gasteiger partial charge on any atom is 0.162 e. The van der Waals surface area contributed by atoms with Crippen molar-refractivity contribution in [1.29, 1.82) is 0 Å². The van der Waals surface area contributed by atoms with Gasteiger partial charge in [0.05, 0.1) is 12.0 Å². The molecule has 1 aromatic rings. The van der Waals surface area contributed by atoms with Crippen molar-refractivity contribution < 1.29 is 9.18 Å². The van der Waals surface area contributed by atoms with Crippen LogP contribution in [-0.4, -0.2) is 12.3 Å². The number of hydrogen-bond donors (Lipinski definition) is 1. The summed E-state index contributed by atoms with van der Waals surface area (Å²) in [5, 5.41) is 11.9. The largest absolute Gasteiger partial charge is 0.342 e. The summed E-state index contributed by atoms with van der Waals surface area (Å²) in [6.07, 6.45) is 2.69. The fourth-order valence-electron chi connectivity index (χ4n) is 5.20. The number of dihydropyridines is 1. The summed E-state index contributed by atoms with van der Waals surface area (Å²) in [4.78, 5) is 13.2. The number of ketones is 1. The normalized spacial score (nSPS) is 29.0. The summed E-state index contributed by atoms with van der Waals surface area (Å²) in [6.45, 7) is 4.71. The number of allylic oxidation sites excluding steroid dienone is 2. The van der Waals surface area contributed by atoms with E-state index in [0.717, 1.165) is 46.6 Å². The van der Waals surface area contributed by atoms with Crippen molar-refractivity contribution in [3.8, 4) is 0 Å². The van der Waals surface area contributed by atoms with Gasteiger partial charge in [0.15, 0.2) is 11.6 Å². The average Bonchev–Trinajstić information content (AvgIpc) is 3.13. The van der Waals surface area contributed by atoms with Crippen LogP contribution in [0.5, 0.6) is 0 Å². The minimum absolute atomic E-state index is 0.0821. The van der Waals surface area contributed by atoms with E-state index in [9.17, 15) is 9.18 Å². The Morgan fingerprint density at radius 1 is 1.24 bits per heavy atom. The smallest absolute Gasteiger partial charge is 0.162 e. The van der Waals surface area contributed by atoms with Gasteiger partial charge in [-0.15, -0.1) is 5.11 Å². The summed E-state index contributed by atoms with van der Waals surface area (Å²) >= 11 is 0. The summed E-state index contributed by atoms with van der Waals surface area (Å²) in [5.74, 6) is 0.767. The minimum atomic E-state index is -0.551. The molecule has 1 unspecified atom stereocenters. The zero-order chi connectivity index (χ0) is 17.4. The standard InChI is InChI=1S/C20H20FN3O/c1-19(2)8-15-17(16(25)9-19)20(13-10-22-24-18(13)23-15)7-6-11-12(20)4-3-5-14(11)21/h3-5,23H,6-10H2,1-2H3. The van der Waals surface area contributed by atoms with E-state index in [1.54, 1.807) is 6.07 Å². The van der Waals surface area contributed by atoms with Crippen molar-refractivity contribution in [2.45, 2.75) is 44.9 Å². The van der Waals surface area contributed by atoms with E-state index in [2.05, 4.69) is 29.4 Å². The Labute approximate surface area is 145 Å². The summed E-state index contributed by atoms with van der Waals surface area (Å²) < 4.78 is 14.4. The average molecular weight is 337 g/mol. The molecular weight excluding hydrogens is 317 g/mol. The molecule has 0 radical (unpaired) electrons. The van der Waals surface area contributed by atoms with Crippen LogP contribution in [0.1, 0.15) is 44.2 Å². The van der Waals surface area contributed by atoms with Crippen molar-refractivity contribution in [2.24, 2.45) is 15.6 Å². The predicted octanol–water partition coefficient (Wildman–Crippen LogP) is 3.93. The molecule has 0 aromatic heterocycles. The molecule has 1 aromatic carbocycles. The van der Waals surface area contributed by atoms with Crippen molar-refractivity contribution in [2.75, 3.05) is 6.54 Å². The lowest BCUT2D eigenvalue weighted by atomic mass is 9.61. The number of halogens is 1. The molecule has 1 atom stereocenters. The molecule has 2 aliphatic heterocycles. The molecule has 0 saturated carbocycles. The van der Waals surface area contributed by atoms with E-state index in [0.29, 0.717) is 19.4 Å². The van der Waals surface area contributed by atoms with E-state index < -0.39 is 5.41 Å². The molecule has 25 heavy (non-hydrogen) atoms. The third kappa shape index (κ3) is 1.84. The molecule has 0 amide bonds. The molecule has 5 heteroatoms. The van der Waals surface area contributed by atoms with Crippen LogP contribution in [0.15, 0.2) is 51.1 Å². The van der Waals surface area contributed by atoms with Crippen LogP contribution in [0.4, 0.5) is 4.39 Å². The Morgan fingerprint density at radius 3 is 2.92 bits per heavy atom. The van der Waals surface area contributed by atoms with Crippen LogP contribution in [0.2, 0.25) is 0 Å². The van der Waals surface area contributed by atoms with Crippen LogP contribution >= 0.6 is 0 Å². The first-order chi connectivity index (χ1) is 11.9. The second-order valence-corrected chi connectivity index (χ2v) is 8.32. The maximum absolute atomic E-state index is 14.4. The minimum Gasteiger partial charge on any atom is -0.342 e. The van der Waals surface area contributed by atoms with Gasteiger partial charge in [-0.2, -0.15) is 5.11 Å². The lowest BCUT2D eigenvalue weighted by Crippen LogP contribution is -2.45. The molecule has 0 saturated heterocycles. The highest BCUT2D eigenvalue weighted by molar-refractivity contribution is 6.02. The Kier molecular flexibility index (Phi) is 2.79. The van der Waals surface area contributed by atoms with Gasteiger partial charge in [0.25, 0.3) is 0 Å². The van der Waals surface area contributed by atoms with Gasteiger partial charge in [-0.25, -0.2) is 4.39 Å². The van der Waals surface area contributed by atoms with Crippen LogP contribution < -0.4 is 5.32 Å². The summed E-state index contributed by atoms with van der Waals surface area (Å²) in [7, 11) is 0. The first-order valence-corrected chi connectivity index (χ1v) is 8.85. The molecule has 2 aliphatic carbocycles. The molecule has 128 valence electrons. The van der Waals surface area contributed by atoms with E-state index in [-0.39, 0.29) is 17.0 Å². The van der Waals surface area contributed by atoms with Gasteiger partial charge in [0, 0.05) is 23.3 Å². The number of rotatable bonds is 0. The molecule has 2 heterocycles. The Morgan fingerprint density at radius 2 is 2.08 bits per heavy atom. The number of azo groups is 1. The Hall–Kier alpha value is -2.30. The van der Waals surface area contributed by atoms with Gasteiger partial charge in [-0.3, -0.25) is 4.79 Å². The third-order valence-electron chi connectivity index (χ3n) is 6.10. The van der Waals surface area contributed by atoms with Crippen LogP contribution in [0, 0.1) is 11.2 Å². The number of nitrogens with zero attached hydrogens (tertiary/aromatic N) is 2. The van der Waals surface area contributed by atoms with Gasteiger partial charge in [0.2, 0.25) is 0 Å². The lowest BCUT2D eigenvalue weighted by molar-refractivity contribution is -0.118. The van der Waals surface area contributed by atoms with Crippen molar-refractivity contribution >= 4 is 5.78 Å². The second kappa shape index (κ2) is 4.65. The van der Waals surface area contributed by atoms with Gasteiger partial charge in [-0.05, 0) is 41.9 Å². The number of benzene rings is 1. The Balaban J connectivity index is 1.80. The van der Waals surface area contributed by atoms with Crippen molar-refractivity contribution in [3.05, 3.63) is 57.8 Å². The van der Waals surface area contributed by atoms with E-state index in [1.165, 1.54) is 6.07 Å². The van der Waals surface area contributed by atoms with Crippen LogP contribution in [0.25, 0.3) is 0 Å². The zero-order valence-electron chi connectivity index (χ0n) is 14.4. The van der Waals surface area contributed by atoms with E-state index in [1.807, 2.05) is 6.07 Å². The Bertz CT molecular complexity index is 925. The molecule has 1 spiro atoms. The van der Waals surface area contributed by atoms with Gasteiger partial charge < -0.3 is 5.32 Å². The number of nitrogens with one attached hydrogen (secondary N) is 1. The maximum atomic E-state index is 14.4. The fourth-order valence-corrected chi connectivity index (χ4v) is 5.20. The molecule has 5 rings (SSSR count). The first-order valence-electron chi connectivity index (χ1n) is 8.85. The van der Waals surface area contributed by atoms with Crippen LogP contribution in [-0.2, 0) is 16.6 Å². The topological polar surface area (TPSA) is 53.8 Å². The van der Waals surface area contributed by atoms with E-state index in [4.69, 9.17) is 0 Å². The first kappa shape index (κ1) is 15.0. The number of Topliss-reactive ketones (excluding diaryl/α,β-unsaturated/α-hetero) is 1. The number of carbonyl (C=O) groups is 1. The monoisotopic (exact) mass is 337 g/mol. The fraction of sp³-hybridized carbons (Fsp3) is 0.450. The molecule has 1 N–H and O–H groups in total. The SMILES string of the molecule is CC1(C)CC(=O)C2=C(C1)NC1=C(CN=N1)C21CCc2c(F)cccc21.